The summed E-state index contributed by atoms with van der Waals surface area (Å²) in [7, 11) is 0. The summed E-state index contributed by atoms with van der Waals surface area (Å²) in [5.74, 6) is 1.22. The van der Waals surface area contributed by atoms with Gasteiger partial charge in [0.05, 0.1) is 11.9 Å². The monoisotopic (exact) mass is 472 g/mol. The van der Waals surface area contributed by atoms with Gasteiger partial charge in [-0.1, -0.05) is 24.3 Å². The third kappa shape index (κ3) is 5.17. The van der Waals surface area contributed by atoms with E-state index in [0.29, 0.717) is 34.9 Å². The molecule has 35 heavy (non-hydrogen) atoms. The molecule has 1 aliphatic heterocycles. The summed E-state index contributed by atoms with van der Waals surface area (Å²) in [6, 6.07) is 13.1. The Kier molecular flexibility index (Phi) is 6.44. The van der Waals surface area contributed by atoms with Crippen LogP contribution >= 0.6 is 0 Å². The van der Waals surface area contributed by atoms with Gasteiger partial charge in [-0.2, -0.15) is 0 Å². The zero-order chi connectivity index (χ0) is 24.2. The number of nitrogens with zero attached hydrogens (tertiary/aromatic N) is 4. The maximum atomic E-state index is 13.1. The highest BCUT2D eigenvalue weighted by Crippen LogP contribution is 2.26. The number of amides is 1. The maximum absolute atomic E-state index is 13.1. The number of halogens is 1. The van der Waals surface area contributed by atoms with E-state index < -0.39 is 0 Å². The van der Waals surface area contributed by atoms with Crippen molar-refractivity contribution in [2.75, 3.05) is 18.8 Å². The second-order valence-corrected chi connectivity index (χ2v) is 8.48. The first kappa shape index (κ1) is 22.6. The minimum absolute atomic E-state index is 0.242. The molecule has 1 atom stereocenters. The van der Waals surface area contributed by atoms with Crippen molar-refractivity contribution in [2.45, 2.75) is 25.3 Å². The molecule has 1 saturated heterocycles. The van der Waals surface area contributed by atoms with Crippen molar-refractivity contribution in [1.29, 1.82) is 0 Å². The van der Waals surface area contributed by atoms with Crippen LogP contribution in [-0.2, 0) is 6.54 Å². The van der Waals surface area contributed by atoms with E-state index in [1.54, 1.807) is 36.5 Å². The fourth-order valence-electron chi connectivity index (χ4n) is 4.07. The minimum Gasteiger partial charge on any atom is -0.382 e. The number of H-pyrrole nitrogens is 1. The fraction of sp³-hybridized carbons (Fsp3) is 0.240. The fourth-order valence-corrected chi connectivity index (χ4v) is 4.07. The Morgan fingerprint density at radius 3 is 2.83 bits per heavy atom. The summed E-state index contributed by atoms with van der Waals surface area (Å²) in [5, 5.41) is 14.8. The van der Waals surface area contributed by atoms with Gasteiger partial charge in [0.25, 0.3) is 5.91 Å². The topological polar surface area (TPSA) is 134 Å². The van der Waals surface area contributed by atoms with Gasteiger partial charge in [-0.3, -0.25) is 4.79 Å². The molecule has 9 nitrogen and oxygen atoms in total. The van der Waals surface area contributed by atoms with Crippen LogP contribution in [0.3, 0.4) is 0 Å². The first-order valence-corrected chi connectivity index (χ1v) is 11.5. The van der Waals surface area contributed by atoms with Gasteiger partial charge in [0.15, 0.2) is 17.3 Å². The van der Waals surface area contributed by atoms with Crippen molar-refractivity contribution in [3.05, 3.63) is 77.5 Å². The summed E-state index contributed by atoms with van der Waals surface area (Å²) in [5.41, 5.74) is 9.06. The smallest absolute Gasteiger partial charge is 0.251 e. The number of anilines is 1. The van der Waals surface area contributed by atoms with E-state index in [1.807, 2.05) is 6.07 Å². The van der Waals surface area contributed by atoms with Crippen LogP contribution in [0.2, 0.25) is 0 Å². The Bertz CT molecular complexity index is 1330. The Hall–Kier alpha value is -4.18. The Balaban J connectivity index is 1.34. The Labute approximate surface area is 201 Å². The van der Waals surface area contributed by atoms with Crippen LogP contribution in [0, 0.1) is 5.82 Å². The van der Waals surface area contributed by atoms with E-state index >= 15 is 0 Å². The lowest BCUT2D eigenvalue weighted by Gasteiger charge is -2.20. The third-order valence-corrected chi connectivity index (χ3v) is 6.00. The van der Waals surface area contributed by atoms with Crippen LogP contribution in [0.1, 0.15) is 40.5 Å². The van der Waals surface area contributed by atoms with Gasteiger partial charge in [-0.25, -0.2) is 14.4 Å². The molecule has 0 aliphatic carbocycles. The molecule has 5 rings (SSSR count). The number of aromatic nitrogens is 5. The average Bonchev–Trinajstić information content (AvgIpc) is 3.39. The molecule has 0 unspecified atom stereocenters. The van der Waals surface area contributed by atoms with Gasteiger partial charge in [0, 0.05) is 30.1 Å². The normalized spacial score (nSPS) is 15.6. The number of piperidine rings is 1. The summed E-state index contributed by atoms with van der Waals surface area (Å²) >= 11 is 0. The molecule has 1 aliphatic rings. The molecule has 0 saturated carbocycles. The standard InChI is InChI=1S/C25H25FN8O/c26-19-8-6-15(7-9-19)12-30-25(35)17-4-1-3-16(11-17)20-14-29-22(27)21(31-20)24-32-23(33-34-24)18-5-2-10-28-13-18/h1,3-4,6-9,11,14,18,28H,2,5,10,12-13H2,(H2,27,29)(H,30,35)(H,32,33,34)/t18-/m0/s1. The number of nitrogens with two attached hydrogens (primary N) is 1. The van der Waals surface area contributed by atoms with Crippen molar-refractivity contribution >= 4 is 11.7 Å². The van der Waals surface area contributed by atoms with Crippen molar-refractivity contribution in [1.82, 2.24) is 35.8 Å². The van der Waals surface area contributed by atoms with Crippen LogP contribution in [-0.4, -0.2) is 44.1 Å². The molecule has 1 amide bonds. The van der Waals surface area contributed by atoms with Crippen LogP contribution in [0.15, 0.2) is 54.7 Å². The summed E-state index contributed by atoms with van der Waals surface area (Å²) in [6.45, 7) is 2.16. The quantitative estimate of drug-likeness (QED) is 0.339. The van der Waals surface area contributed by atoms with Gasteiger partial charge in [-0.15, -0.1) is 10.2 Å². The number of nitrogen functional groups attached to an aromatic ring is 1. The van der Waals surface area contributed by atoms with Gasteiger partial charge in [0.1, 0.15) is 11.6 Å². The summed E-state index contributed by atoms with van der Waals surface area (Å²) in [6.07, 6.45) is 3.70. The van der Waals surface area contributed by atoms with E-state index in [2.05, 4.69) is 35.8 Å². The van der Waals surface area contributed by atoms with Crippen LogP contribution in [0.5, 0.6) is 0 Å². The lowest BCUT2D eigenvalue weighted by Crippen LogP contribution is -2.28. The lowest BCUT2D eigenvalue weighted by molar-refractivity contribution is 0.0951. The van der Waals surface area contributed by atoms with Crippen molar-refractivity contribution in [3.63, 3.8) is 0 Å². The molecule has 1 fully saturated rings. The average molecular weight is 473 g/mol. The van der Waals surface area contributed by atoms with Gasteiger partial charge >= 0.3 is 0 Å². The third-order valence-electron chi connectivity index (χ3n) is 6.00. The van der Waals surface area contributed by atoms with Crippen LogP contribution in [0.4, 0.5) is 10.2 Å². The van der Waals surface area contributed by atoms with Gasteiger partial charge < -0.3 is 21.4 Å². The molecule has 0 bridgehead atoms. The molecule has 2 aromatic carbocycles. The number of rotatable bonds is 6. The van der Waals surface area contributed by atoms with Gasteiger partial charge in [0.2, 0.25) is 0 Å². The molecular formula is C25H25FN8O. The number of aromatic amines is 1. The minimum atomic E-state index is -0.315. The molecule has 5 N–H and O–H groups in total. The highest BCUT2D eigenvalue weighted by molar-refractivity contribution is 5.95. The zero-order valence-electron chi connectivity index (χ0n) is 19.0. The highest BCUT2D eigenvalue weighted by atomic mass is 19.1. The van der Waals surface area contributed by atoms with Crippen molar-refractivity contribution in [2.24, 2.45) is 0 Å². The molecule has 3 heterocycles. The van der Waals surface area contributed by atoms with E-state index in [0.717, 1.165) is 37.3 Å². The highest BCUT2D eigenvalue weighted by Gasteiger charge is 2.21. The number of hydrogen-bond donors (Lipinski definition) is 4. The van der Waals surface area contributed by atoms with Gasteiger partial charge in [-0.05, 0) is 49.2 Å². The van der Waals surface area contributed by atoms with Crippen molar-refractivity contribution < 1.29 is 9.18 Å². The second-order valence-electron chi connectivity index (χ2n) is 8.48. The molecule has 0 radical (unpaired) electrons. The SMILES string of the molecule is Nc1ncc(-c2cccc(C(=O)NCc3ccc(F)cc3)c2)nc1-c1nnc([C@H]2CCCNC2)[nH]1. The molecule has 4 aromatic rings. The number of carbonyl (C=O) groups excluding carboxylic acids is 1. The predicted octanol–water partition coefficient (Wildman–Crippen LogP) is 3.05. The van der Waals surface area contributed by atoms with E-state index in [4.69, 9.17) is 5.73 Å². The predicted molar refractivity (Wildman–Crippen MR) is 130 cm³/mol. The second kappa shape index (κ2) is 9.98. The number of hydrogen-bond acceptors (Lipinski definition) is 7. The maximum Gasteiger partial charge on any atom is 0.251 e. The first-order valence-electron chi connectivity index (χ1n) is 11.5. The van der Waals surface area contributed by atoms with E-state index in [-0.39, 0.29) is 23.5 Å². The lowest BCUT2D eigenvalue weighted by atomic mass is 9.99. The summed E-state index contributed by atoms with van der Waals surface area (Å²) < 4.78 is 13.1. The van der Waals surface area contributed by atoms with Crippen molar-refractivity contribution in [3.8, 4) is 22.8 Å². The van der Waals surface area contributed by atoms with Crippen LogP contribution in [0.25, 0.3) is 22.8 Å². The largest absolute Gasteiger partial charge is 0.382 e. The zero-order valence-corrected chi connectivity index (χ0v) is 19.0. The molecule has 178 valence electrons. The van der Waals surface area contributed by atoms with E-state index in [1.165, 1.54) is 12.1 Å². The number of carbonyl (C=O) groups is 1. The first-order chi connectivity index (χ1) is 17.1. The van der Waals surface area contributed by atoms with E-state index in [9.17, 15) is 9.18 Å². The number of nitrogens with one attached hydrogen (secondary N) is 3. The molecule has 10 heteroatoms. The number of benzene rings is 2. The Morgan fingerprint density at radius 2 is 2.03 bits per heavy atom. The van der Waals surface area contributed by atoms with Crippen LogP contribution < -0.4 is 16.4 Å². The molecule has 2 aromatic heterocycles. The molecule has 0 spiro atoms. The molecular weight excluding hydrogens is 447 g/mol. The summed E-state index contributed by atoms with van der Waals surface area (Å²) in [4.78, 5) is 24.9. The Morgan fingerprint density at radius 1 is 1.17 bits per heavy atom.